The highest BCUT2D eigenvalue weighted by Gasteiger charge is 2.33. The van der Waals surface area contributed by atoms with Crippen LogP contribution in [0.3, 0.4) is 0 Å². The fraction of sp³-hybridized carbons (Fsp3) is 0.417. The number of carbonyl (C=O) groups is 1. The van der Waals surface area contributed by atoms with Crippen molar-refractivity contribution in [3.63, 3.8) is 0 Å². The van der Waals surface area contributed by atoms with E-state index in [1.165, 1.54) is 12.1 Å². The third-order valence-corrected chi connectivity index (χ3v) is 3.38. The third-order valence-electron chi connectivity index (χ3n) is 3.08. The molecule has 21 heavy (non-hydrogen) atoms. The van der Waals surface area contributed by atoms with Crippen LogP contribution in [0.25, 0.3) is 0 Å². The molecule has 1 unspecified atom stereocenters. The number of hydrogen-bond acceptors (Lipinski definition) is 4. The van der Waals surface area contributed by atoms with Crippen molar-refractivity contribution in [3.05, 3.63) is 22.7 Å². The predicted molar refractivity (Wildman–Crippen MR) is 72.4 cm³/mol. The van der Waals surface area contributed by atoms with E-state index < -0.39 is 31.3 Å². The van der Waals surface area contributed by atoms with E-state index in [0.29, 0.717) is 11.3 Å². The van der Waals surface area contributed by atoms with Crippen molar-refractivity contribution in [2.45, 2.75) is 12.2 Å². The number of halogens is 4. The molecule has 1 heterocycles. The first-order valence-corrected chi connectivity index (χ1v) is 6.43. The molecular weight excluding hydrogens is 311 g/mol. The van der Waals surface area contributed by atoms with Crippen LogP contribution in [-0.4, -0.2) is 36.9 Å². The van der Waals surface area contributed by atoms with E-state index in [0.717, 1.165) is 4.90 Å². The van der Waals surface area contributed by atoms with Gasteiger partial charge in [0.1, 0.15) is 12.6 Å². The maximum Gasteiger partial charge on any atom is 0.405 e. The van der Waals surface area contributed by atoms with Gasteiger partial charge >= 0.3 is 6.18 Å². The average Bonchev–Trinajstić information content (AvgIpc) is 2.63. The van der Waals surface area contributed by atoms with Crippen molar-refractivity contribution in [2.75, 3.05) is 29.9 Å². The van der Waals surface area contributed by atoms with Gasteiger partial charge in [0.15, 0.2) is 0 Å². The SMILES string of the molecule is NC1C(=O)Nc2cc(N(CCO)CC(F)(F)F)c(Cl)cc21. The number of nitrogens with zero attached hydrogens (tertiary/aromatic N) is 1. The number of hydrogen-bond donors (Lipinski definition) is 3. The lowest BCUT2D eigenvalue weighted by Gasteiger charge is -2.26. The molecule has 4 N–H and O–H groups in total. The summed E-state index contributed by atoms with van der Waals surface area (Å²) in [7, 11) is 0. The lowest BCUT2D eigenvalue weighted by atomic mass is 10.1. The summed E-state index contributed by atoms with van der Waals surface area (Å²) in [6.07, 6.45) is -4.45. The topological polar surface area (TPSA) is 78.6 Å². The van der Waals surface area contributed by atoms with Crippen LogP contribution in [-0.2, 0) is 4.79 Å². The van der Waals surface area contributed by atoms with Crippen molar-refractivity contribution in [1.29, 1.82) is 0 Å². The maximum atomic E-state index is 12.6. The number of carbonyl (C=O) groups excluding carboxylic acids is 1. The van der Waals surface area contributed by atoms with Crippen molar-refractivity contribution in [1.82, 2.24) is 0 Å². The number of anilines is 2. The first kappa shape index (κ1) is 15.9. The highest BCUT2D eigenvalue weighted by atomic mass is 35.5. The largest absolute Gasteiger partial charge is 0.405 e. The molecular formula is C12H13ClF3N3O2. The second kappa shape index (κ2) is 5.70. The van der Waals surface area contributed by atoms with Crippen LogP contribution in [0.2, 0.25) is 5.02 Å². The predicted octanol–water partition coefficient (Wildman–Crippen LogP) is 1.65. The number of benzene rings is 1. The zero-order valence-electron chi connectivity index (χ0n) is 10.7. The maximum absolute atomic E-state index is 12.6. The molecule has 9 heteroatoms. The van der Waals surface area contributed by atoms with Gasteiger partial charge in [-0.2, -0.15) is 13.2 Å². The molecule has 1 aromatic carbocycles. The summed E-state index contributed by atoms with van der Waals surface area (Å²) in [5.74, 6) is -0.442. The monoisotopic (exact) mass is 323 g/mol. The van der Waals surface area contributed by atoms with Gasteiger partial charge < -0.3 is 21.1 Å². The summed E-state index contributed by atoms with van der Waals surface area (Å²) in [5, 5.41) is 11.4. The van der Waals surface area contributed by atoms with E-state index in [2.05, 4.69) is 5.32 Å². The molecule has 1 aromatic rings. The van der Waals surface area contributed by atoms with E-state index in [-0.39, 0.29) is 17.3 Å². The quantitative estimate of drug-likeness (QED) is 0.787. The Kier molecular flexibility index (Phi) is 4.31. The molecule has 0 fully saturated rings. The molecule has 1 aliphatic heterocycles. The van der Waals surface area contributed by atoms with E-state index >= 15 is 0 Å². The van der Waals surface area contributed by atoms with Crippen molar-refractivity contribution >= 4 is 28.9 Å². The Morgan fingerprint density at radius 1 is 1.43 bits per heavy atom. The number of alkyl halides is 3. The molecule has 0 aliphatic carbocycles. The van der Waals surface area contributed by atoms with Gasteiger partial charge in [-0.3, -0.25) is 4.79 Å². The molecule has 116 valence electrons. The molecule has 0 saturated heterocycles. The summed E-state index contributed by atoms with van der Waals surface area (Å²) in [5.41, 5.74) is 6.49. The fourth-order valence-electron chi connectivity index (χ4n) is 2.16. The number of nitrogens with two attached hydrogens (primary N) is 1. The third kappa shape index (κ3) is 3.39. The minimum absolute atomic E-state index is 0.0402. The van der Waals surface area contributed by atoms with E-state index in [9.17, 15) is 18.0 Å². The molecule has 0 bridgehead atoms. The Morgan fingerprint density at radius 3 is 2.67 bits per heavy atom. The number of fused-ring (bicyclic) bond motifs is 1. The zero-order valence-corrected chi connectivity index (χ0v) is 11.5. The van der Waals surface area contributed by atoms with E-state index in [4.69, 9.17) is 22.4 Å². The Labute approximate surface area is 123 Å². The second-order valence-electron chi connectivity index (χ2n) is 4.62. The Bertz CT molecular complexity index is 565. The van der Waals surface area contributed by atoms with Gasteiger partial charge in [0.25, 0.3) is 0 Å². The lowest BCUT2D eigenvalue weighted by molar-refractivity contribution is -0.120. The Hall–Kier alpha value is -1.51. The normalized spacial score (nSPS) is 17.6. The van der Waals surface area contributed by atoms with Gasteiger partial charge in [-0.1, -0.05) is 11.6 Å². The van der Waals surface area contributed by atoms with Gasteiger partial charge in [-0.15, -0.1) is 0 Å². The molecule has 0 saturated carbocycles. The summed E-state index contributed by atoms with van der Waals surface area (Å²) >= 11 is 5.99. The number of amides is 1. The number of rotatable bonds is 4. The van der Waals surface area contributed by atoms with Crippen LogP contribution in [0.15, 0.2) is 12.1 Å². The smallest absolute Gasteiger partial charge is 0.395 e. The van der Waals surface area contributed by atoms with Crippen molar-refractivity contribution in [2.24, 2.45) is 5.73 Å². The molecule has 1 amide bonds. The molecule has 0 spiro atoms. The molecule has 1 aliphatic rings. The van der Waals surface area contributed by atoms with Crippen molar-refractivity contribution < 1.29 is 23.1 Å². The zero-order chi connectivity index (χ0) is 15.8. The standard InChI is InChI=1S/C12H13ClF3N3O2/c13-7-3-6-8(18-11(21)10(6)17)4-9(7)19(1-2-20)5-12(14,15)16/h3-4,10,20H,1-2,5,17H2,(H,18,21). The first-order chi connectivity index (χ1) is 9.73. The fourth-order valence-corrected chi connectivity index (χ4v) is 2.45. The van der Waals surface area contributed by atoms with Crippen LogP contribution < -0.4 is 16.0 Å². The number of aliphatic hydroxyl groups is 1. The lowest BCUT2D eigenvalue weighted by Crippen LogP contribution is -2.36. The van der Waals surface area contributed by atoms with E-state index in [1.54, 1.807) is 0 Å². The Balaban J connectivity index is 2.38. The summed E-state index contributed by atoms with van der Waals surface area (Å²) in [6, 6.07) is 1.82. The summed E-state index contributed by atoms with van der Waals surface area (Å²) in [4.78, 5) is 12.4. The minimum atomic E-state index is -4.45. The number of nitrogens with one attached hydrogen (secondary N) is 1. The van der Waals surface area contributed by atoms with Crippen LogP contribution in [0.5, 0.6) is 0 Å². The van der Waals surface area contributed by atoms with Crippen LogP contribution in [0.1, 0.15) is 11.6 Å². The summed E-state index contributed by atoms with van der Waals surface area (Å²) < 4.78 is 37.8. The second-order valence-corrected chi connectivity index (χ2v) is 5.03. The summed E-state index contributed by atoms with van der Waals surface area (Å²) in [6.45, 7) is -1.96. The highest BCUT2D eigenvalue weighted by Crippen LogP contribution is 2.38. The number of aliphatic hydroxyl groups excluding tert-OH is 1. The van der Waals surface area contributed by atoms with Crippen LogP contribution >= 0.6 is 11.6 Å². The van der Waals surface area contributed by atoms with Gasteiger partial charge in [-0.05, 0) is 12.1 Å². The molecule has 0 aromatic heterocycles. The molecule has 2 rings (SSSR count). The molecule has 1 atom stereocenters. The first-order valence-electron chi connectivity index (χ1n) is 6.05. The van der Waals surface area contributed by atoms with Crippen LogP contribution in [0.4, 0.5) is 24.5 Å². The van der Waals surface area contributed by atoms with E-state index in [1.807, 2.05) is 0 Å². The van der Waals surface area contributed by atoms with Gasteiger partial charge in [0.2, 0.25) is 5.91 Å². The van der Waals surface area contributed by atoms with Gasteiger partial charge in [0.05, 0.1) is 17.3 Å². The van der Waals surface area contributed by atoms with Gasteiger partial charge in [0, 0.05) is 17.8 Å². The molecule has 5 nitrogen and oxygen atoms in total. The highest BCUT2D eigenvalue weighted by molar-refractivity contribution is 6.33. The van der Waals surface area contributed by atoms with Crippen molar-refractivity contribution in [3.8, 4) is 0 Å². The Morgan fingerprint density at radius 2 is 2.10 bits per heavy atom. The average molecular weight is 324 g/mol. The molecule has 0 radical (unpaired) electrons. The minimum Gasteiger partial charge on any atom is -0.395 e. The van der Waals surface area contributed by atoms with Gasteiger partial charge in [-0.25, -0.2) is 0 Å². The van der Waals surface area contributed by atoms with Crippen LogP contribution in [0, 0.1) is 0 Å².